The van der Waals surface area contributed by atoms with Crippen LogP contribution in [0.2, 0.25) is 0 Å². The molecule has 0 unspecified atom stereocenters. The Morgan fingerprint density at radius 3 is 2.91 bits per heavy atom. The van der Waals surface area contributed by atoms with Crippen LogP contribution in [0.5, 0.6) is 0 Å². The van der Waals surface area contributed by atoms with Crippen molar-refractivity contribution in [2.75, 3.05) is 17.6 Å². The smallest absolute Gasteiger partial charge is 0.207 e. The number of aromatic nitrogens is 2. The molecule has 0 aromatic carbocycles. The van der Waals surface area contributed by atoms with Crippen LogP contribution < -0.4 is 11.1 Å². The maximum atomic E-state index is 5.39. The van der Waals surface area contributed by atoms with E-state index in [0.717, 1.165) is 18.1 Å². The first-order valence-corrected chi connectivity index (χ1v) is 4.47. The van der Waals surface area contributed by atoms with Crippen molar-refractivity contribution in [3.63, 3.8) is 0 Å². The monoisotopic (exact) mass is 172 g/mol. The minimum atomic E-state index is 0.518. The average Bonchev–Trinajstić information content (AvgIpc) is 2.37. The summed E-state index contributed by atoms with van der Waals surface area (Å²) in [5.74, 6) is 0. The molecule has 0 aliphatic rings. The zero-order valence-corrected chi connectivity index (χ0v) is 7.32. The second-order valence-electron chi connectivity index (χ2n) is 2.23. The fourth-order valence-electron chi connectivity index (χ4n) is 0.678. The first-order chi connectivity index (χ1) is 5.33. The molecule has 1 aromatic rings. The Bertz CT molecular complexity index is 210. The van der Waals surface area contributed by atoms with Crippen molar-refractivity contribution < 1.29 is 0 Å². The lowest BCUT2D eigenvalue weighted by Gasteiger charge is -1.97. The molecule has 4 nitrogen and oxygen atoms in total. The molecule has 0 aliphatic heterocycles. The summed E-state index contributed by atoms with van der Waals surface area (Å²) in [5.41, 5.74) is 5.39. The largest absolute Gasteiger partial charge is 0.374 e. The number of anilines is 2. The molecular formula is C6H12N4S. The number of nitrogen functional groups attached to an aromatic ring is 1. The molecule has 0 radical (unpaired) electrons. The number of hydrogen-bond donors (Lipinski definition) is 2. The van der Waals surface area contributed by atoms with Crippen molar-refractivity contribution in [2.45, 2.75) is 19.8 Å². The summed E-state index contributed by atoms with van der Waals surface area (Å²) in [5, 5.41) is 12.0. The Morgan fingerprint density at radius 2 is 2.36 bits per heavy atom. The third kappa shape index (κ3) is 2.71. The van der Waals surface area contributed by atoms with Crippen LogP contribution in [0.15, 0.2) is 0 Å². The summed E-state index contributed by atoms with van der Waals surface area (Å²) in [7, 11) is 0. The third-order valence-corrected chi connectivity index (χ3v) is 1.96. The highest BCUT2D eigenvalue weighted by Crippen LogP contribution is 2.15. The fraction of sp³-hybridized carbons (Fsp3) is 0.667. The second kappa shape index (κ2) is 4.12. The molecule has 1 heterocycles. The minimum Gasteiger partial charge on any atom is -0.374 e. The van der Waals surface area contributed by atoms with E-state index in [1.54, 1.807) is 0 Å². The standard InChI is InChI=1S/C6H12N4S/c1-2-3-4-8-6-10-9-5(7)11-6/h2-4H2,1H3,(H2,7,9)(H,8,10). The maximum Gasteiger partial charge on any atom is 0.207 e. The van der Waals surface area contributed by atoms with Crippen LogP contribution in [0.25, 0.3) is 0 Å². The highest BCUT2D eigenvalue weighted by Gasteiger charge is 1.97. The van der Waals surface area contributed by atoms with E-state index in [0.29, 0.717) is 5.13 Å². The molecule has 0 bridgehead atoms. The summed E-state index contributed by atoms with van der Waals surface area (Å²) in [6.07, 6.45) is 2.33. The van der Waals surface area contributed by atoms with Gasteiger partial charge in [0.05, 0.1) is 0 Å². The lowest BCUT2D eigenvalue weighted by Crippen LogP contribution is -1.99. The number of unbranched alkanes of at least 4 members (excludes halogenated alkanes) is 1. The zero-order valence-electron chi connectivity index (χ0n) is 6.50. The minimum absolute atomic E-state index is 0.518. The first kappa shape index (κ1) is 8.26. The van der Waals surface area contributed by atoms with Gasteiger partial charge < -0.3 is 11.1 Å². The van der Waals surface area contributed by atoms with Crippen LogP contribution in [-0.2, 0) is 0 Å². The van der Waals surface area contributed by atoms with E-state index >= 15 is 0 Å². The van der Waals surface area contributed by atoms with Crippen LogP contribution in [0, 0.1) is 0 Å². The van der Waals surface area contributed by atoms with Crippen molar-refractivity contribution >= 4 is 21.6 Å². The van der Waals surface area contributed by atoms with E-state index in [9.17, 15) is 0 Å². The molecule has 1 rings (SSSR count). The molecule has 0 atom stereocenters. The van der Waals surface area contributed by atoms with Gasteiger partial charge in [-0.25, -0.2) is 0 Å². The molecule has 1 aromatic heterocycles. The molecule has 62 valence electrons. The van der Waals surface area contributed by atoms with Crippen molar-refractivity contribution in [1.82, 2.24) is 10.2 Å². The van der Waals surface area contributed by atoms with Crippen LogP contribution in [0.1, 0.15) is 19.8 Å². The summed E-state index contributed by atoms with van der Waals surface area (Å²) in [6.45, 7) is 3.10. The van der Waals surface area contributed by atoms with Crippen LogP contribution >= 0.6 is 11.3 Å². The second-order valence-corrected chi connectivity index (χ2v) is 3.23. The van der Waals surface area contributed by atoms with E-state index in [4.69, 9.17) is 5.73 Å². The SMILES string of the molecule is CCCCNc1nnc(N)s1. The van der Waals surface area contributed by atoms with E-state index < -0.39 is 0 Å². The Balaban J connectivity index is 2.27. The summed E-state index contributed by atoms with van der Waals surface area (Å²) < 4.78 is 0. The van der Waals surface area contributed by atoms with Gasteiger partial charge in [0.2, 0.25) is 10.3 Å². The molecule has 0 spiro atoms. The summed E-state index contributed by atoms with van der Waals surface area (Å²) in [6, 6.07) is 0. The van der Waals surface area contributed by atoms with E-state index in [1.165, 1.54) is 17.8 Å². The van der Waals surface area contributed by atoms with E-state index in [1.807, 2.05) is 0 Å². The van der Waals surface area contributed by atoms with Gasteiger partial charge in [0.25, 0.3) is 0 Å². The lowest BCUT2D eigenvalue weighted by molar-refractivity contribution is 0.831. The fourth-order valence-corrected chi connectivity index (χ4v) is 1.21. The predicted molar refractivity (Wildman–Crippen MR) is 47.7 cm³/mol. The zero-order chi connectivity index (χ0) is 8.10. The van der Waals surface area contributed by atoms with Gasteiger partial charge in [-0.05, 0) is 6.42 Å². The maximum absolute atomic E-state index is 5.39. The van der Waals surface area contributed by atoms with E-state index in [-0.39, 0.29) is 0 Å². The summed E-state index contributed by atoms with van der Waals surface area (Å²) in [4.78, 5) is 0. The van der Waals surface area contributed by atoms with Crippen LogP contribution in [0.4, 0.5) is 10.3 Å². The summed E-state index contributed by atoms with van der Waals surface area (Å²) >= 11 is 1.38. The molecule has 0 fully saturated rings. The van der Waals surface area contributed by atoms with Crippen LogP contribution in [0.3, 0.4) is 0 Å². The highest BCUT2D eigenvalue weighted by atomic mass is 32.1. The molecular weight excluding hydrogens is 160 g/mol. The number of hydrogen-bond acceptors (Lipinski definition) is 5. The molecule has 3 N–H and O–H groups in total. The molecule has 0 amide bonds. The number of nitrogens with one attached hydrogen (secondary N) is 1. The lowest BCUT2D eigenvalue weighted by atomic mass is 10.3. The molecule has 11 heavy (non-hydrogen) atoms. The van der Waals surface area contributed by atoms with Crippen molar-refractivity contribution in [3.8, 4) is 0 Å². The van der Waals surface area contributed by atoms with Crippen molar-refractivity contribution in [1.29, 1.82) is 0 Å². The first-order valence-electron chi connectivity index (χ1n) is 3.65. The van der Waals surface area contributed by atoms with Crippen molar-refractivity contribution in [3.05, 3.63) is 0 Å². The van der Waals surface area contributed by atoms with Gasteiger partial charge in [-0.15, -0.1) is 10.2 Å². The Hall–Kier alpha value is -0.840. The average molecular weight is 172 g/mol. The topological polar surface area (TPSA) is 63.8 Å². The Labute approximate surface area is 69.8 Å². The predicted octanol–water partition coefficient (Wildman–Crippen LogP) is 1.33. The third-order valence-electron chi connectivity index (χ3n) is 1.25. The van der Waals surface area contributed by atoms with Gasteiger partial charge >= 0.3 is 0 Å². The number of nitrogens with zero attached hydrogens (tertiary/aromatic N) is 2. The van der Waals surface area contributed by atoms with Gasteiger partial charge in [-0.2, -0.15) is 0 Å². The van der Waals surface area contributed by atoms with Gasteiger partial charge in [-0.3, -0.25) is 0 Å². The molecule has 0 saturated carbocycles. The van der Waals surface area contributed by atoms with Gasteiger partial charge in [-0.1, -0.05) is 24.7 Å². The quantitative estimate of drug-likeness (QED) is 0.672. The Kier molecular flexibility index (Phi) is 3.10. The molecule has 0 saturated heterocycles. The molecule has 0 aliphatic carbocycles. The number of nitrogens with two attached hydrogens (primary N) is 1. The Morgan fingerprint density at radius 1 is 1.55 bits per heavy atom. The highest BCUT2D eigenvalue weighted by molar-refractivity contribution is 7.18. The van der Waals surface area contributed by atoms with Gasteiger partial charge in [0, 0.05) is 6.54 Å². The number of rotatable bonds is 4. The van der Waals surface area contributed by atoms with Gasteiger partial charge in [0.15, 0.2) is 0 Å². The van der Waals surface area contributed by atoms with E-state index in [2.05, 4.69) is 22.4 Å². The van der Waals surface area contributed by atoms with Crippen LogP contribution in [-0.4, -0.2) is 16.7 Å². The van der Waals surface area contributed by atoms with Crippen molar-refractivity contribution in [2.24, 2.45) is 0 Å². The van der Waals surface area contributed by atoms with Gasteiger partial charge in [0.1, 0.15) is 0 Å². The normalized spacial score (nSPS) is 9.91. The molecule has 5 heteroatoms.